The third-order valence-corrected chi connectivity index (χ3v) is 5.20. The van der Waals surface area contributed by atoms with Crippen LogP contribution in [0.2, 0.25) is 5.02 Å². The van der Waals surface area contributed by atoms with Crippen molar-refractivity contribution in [3.05, 3.63) is 34.9 Å². The number of hydrogen-bond donors (Lipinski definition) is 0. The minimum absolute atomic E-state index is 0.220. The second kappa shape index (κ2) is 10.1. The van der Waals surface area contributed by atoms with Gasteiger partial charge in [-0.1, -0.05) is 37.6 Å². The number of piperidine rings is 1. The fraction of sp³-hybridized carbons (Fsp3) is 0.619. The van der Waals surface area contributed by atoms with Gasteiger partial charge in [-0.25, -0.2) is 0 Å². The summed E-state index contributed by atoms with van der Waals surface area (Å²) < 4.78 is 0. The molecule has 0 N–H and O–H groups in total. The standard InChI is InChI=1S/C21H31ClN2O2/c1-16(2)13-20(25)21(26)23(3)14-18-5-4-11-24(15-18)12-10-17-6-8-19(22)9-7-17/h6-9,16,18H,4-5,10-15H2,1-3H3/t18-/m0/s1. The fourth-order valence-electron chi connectivity index (χ4n) is 3.58. The van der Waals surface area contributed by atoms with Crippen LogP contribution in [-0.4, -0.2) is 54.7 Å². The molecule has 1 aromatic rings. The van der Waals surface area contributed by atoms with Crippen molar-refractivity contribution in [1.82, 2.24) is 9.80 Å². The number of rotatable bonds is 8. The van der Waals surface area contributed by atoms with Gasteiger partial charge in [0.15, 0.2) is 0 Å². The molecular formula is C21H31ClN2O2. The van der Waals surface area contributed by atoms with Gasteiger partial charge in [0.05, 0.1) is 0 Å². The Hall–Kier alpha value is -1.39. The van der Waals surface area contributed by atoms with Gasteiger partial charge in [-0.3, -0.25) is 9.59 Å². The molecule has 5 heteroatoms. The number of amides is 1. The van der Waals surface area contributed by atoms with Crippen LogP contribution in [-0.2, 0) is 16.0 Å². The Balaban J connectivity index is 1.79. The van der Waals surface area contributed by atoms with E-state index in [1.165, 1.54) is 5.56 Å². The van der Waals surface area contributed by atoms with Crippen molar-refractivity contribution in [3.8, 4) is 0 Å². The summed E-state index contributed by atoms with van der Waals surface area (Å²) in [6, 6.07) is 8.03. The fourth-order valence-corrected chi connectivity index (χ4v) is 3.71. The van der Waals surface area contributed by atoms with Crippen LogP contribution in [0.15, 0.2) is 24.3 Å². The Bertz CT molecular complexity index is 601. The van der Waals surface area contributed by atoms with Crippen molar-refractivity contribution in [2.24, 2.45) is 11.8 Å². The molecular weight excluding hydrogens is 348 g/mol. The van der Waals surface area contributed by atoms with Gasteiger partial charge in [-0.2, -0.15) is 0 Å². The topological polar surface area (TPSA) is 40.6 Å². The first-order valence-electron chi connectivity index (χ1n) is 9.60. The van der Waals surface area contributed by atoms with Crippen LogP contribution in [0.5, 0.6) is 0 Å². The number of hydrogen-bond acceptors (Lipinski definition) is 3. The molecule has 1 aromatic carbocycles. The maximum Gasteiger partial charge on any atom is 0.289 e. The zero-order valence-electron chi connectivity index (χ0n) is 16.2. The van der Waals surface area contributed by atoms with Gasteiger partial charge in [-0.15, -0.1) is 0 Å². The third-order valence-electron chi connectivity index (χ3n) is 4.94. The van der Waals surface area contributed by atoms with Gasteiger partial charge in [-0.05, 0) is 55.3 Å². The van der Waals surface area contributed by atoms with Crippen molar-refractivity contribution in [2.75, 3.05) is 33.2 Å². The molecule has 4 nitrogen and oxygen atoms in total. The summed E-state index contributed by atoms with van der Waals surface area (Å²) in [7, 11) is 1.76. The molecule has 1 aliphatic rings. The van der Waals surface area contributed by atoms with E-state index < -0.39 is 0 Å². The van der Waals surface area contributed by atoms with Gasteiger partial charge < -0.3 is 9.80 Å². The van der Waals surface area contributed by atoms with Crippen molar-refractivity contribution in [2.45, 2.75) is 39.5 Å². The molecule has 0 radical (unpaired) electrons. The summed E-state index contributed by atoms with van der Waals surface area (Å²) in [5, 5.41) is 0.770. The number of halogens is 1. The molecule has 1 aliphatic heterocycles. The lowest BCUT2D eigenvalue weighted by Gasteiger charge is -2.34. The molecule has 1 heterocycles. The molecule has 0 aliphatic carbocycles. The van der Waals surface area contributed by atoms with E-state index in [2.05, 4.69) is 17.0 Å². The average Bonchev–Trinajstić information content (AvgIpc) is 2.60. The summed E-state index contributed by atoms with van der Waals surface area (Å²) in [6.07, 6.45) is 3.60. The molecule has 1 amide bonds. The number of likely N-dealkylation sites (N-methyl/N-ethyl adjacent to an activating group) is 1. The highest BCUT2D eigenvalue weighted by molar-refractivity contribution is 6.36. The van der Waals surface area contributed by atoms with Crippen molar-refractivity contribution < 1.29 is 9.59 Å². The van der Waals surface area contributed by atoms with Crippen LogP contribution in [0.25, 0.3) is 0 Å². The van der Waals surface area contributed by atoms with E-state index in [1.54, 1.807) is 11.9 Å². The highest BCUT2D eigenvalue weighted by Crippen LogP contribution is 2.19. The Kier molecular flexibility index (Phi) is 8.11. The third kappa shape index (κ3) is 6.73. The molecule has 26 heavy (non-hydrogen) atoms. The lowest BCUT2D eigenvalue weighted by molar-refractivity contribution is -0.144. The van der Waals surface area contributed by atoms with E-state index in [1.807, 2.05) is 26.0 Å². The molecule has 1 atom stereocenters. The quantitative estimate of drug-likeness (QED) is 0.648. The minimum atomic E-state index is -0.336. The van der Waals surface area contributed by atoms with E-state index in [0.717, 1.165) is 43.9 Å². The summed E-state index contributed by atoms with van der Waals surface area (Å²) in [5.74, 6) is 0.0579. The first-order valence-corrected chi connectivity index (χ1v) is 9.98. The number of carbonyl (C=O) groups is 2. The van der Waals surface area contributed by atoms with E-state index in [-0.39, 0.29) is 17.6 Å². The maximum atomic E-state index is 12.2. The Morgan fingerprint density at radius 3 is 2.62 bits per heavy atom. The predicted octanol–water partition coefficient (Wildman–Crippen LogP) is 3.67. The number of nitrogens with zero attached hydrogens (tertiary/aromatic N) is 2. The van der Waals surface area contributed by atoms with Crippen LogP contribution in [0.1, 0.15) is 38.7 Å². The monoisotopic (exact) mass is 378 g/mol. The van der Waals surface area contributed by atoms with Crippen molar-refractivity contribution in [1.29, 1.82) is 0 Å². The van der Waals surface area contributed by atoms with Gasteiger partial charge in [0.25, 0.3) is 5.91 Å². The second-order valence-electron chi connectivity index (χ2n) is 7.89. The van der Waals surface area contributed by atoms with Crippen molar-refractivity contribution in [3.63, 3.8) is 0 Å². The second-order valence-corrected chi connectivity index (χ2v) is 8.33. The van der Waals surface area contributed by atoms with Crippen molar-refractivity contribution >= 4 is 23.3 Å². The van der Waals surface area contributed by atoms with E-state index in [4.69, 9.17) is 11.6 Å². The minimum Gasteiger partial charge on any atom is -0.339 e. The van der Waals surface area contributed by atoms with Gasteiger partial charge >= 0.3 is 0 Å². The normalized spacial score (nSPS) is 18.1. The zero-order valence-corrected chi connectivity index (χ0v) is 17.0. The average molecular weight is 379 g/mol. The SMILES string of the molecule is CC(C)CC(=O)C(=O)N(C)C[C@@H]1CCCN(CCc2ccc(Cl)cc2)C1. The van der Waals surface area contributed by atoms with E-state index in [9.17, 15) is 9.59 Å². The molecule has 1 saturated heterocycles. The molecule has 0 aromatic heterocycles. The van der Waals surface area contributed by atoms with E-state index in [0.29, 0.717) is 18.9 Å². The smallest absolute Gasteiger partial charge is 0.289 e. The van der Waals surface area contributed by atoms with Gasteiger partial charge in [0.1, 0.15) is 0 Å². The first kappa shape index (κ1) is 20.9. The summed E-state index contributed by atoms with van der Waals surface area (Å²) in [6.45, 7) is 7.70. The maximum absolute atomic E-state index is 12.2. The van der Waals surface area contributed by atoms with Gasteiger partial charge in [0, 0.05) is 38.1 Å². The van der Waals surface area contributed by atoms with Gasteiger partial charge in [0.2, 0.25) is 5.78 Å². The van der Waals surface area contributed by atoms with Crippen LogP contribution >= 0.6 is 11.6 Å². The molecule has 0 saturated carbocycles. The van der Waals surface area contributed by atoms with E-state index >= 15 is 0 Å². The lowest BCUT2D eigenvalue weighted by atomic mass is 9.96. The number of Topliss-reactive ketones (excluding diaryl/α,β-unsaturated/α-hetero) is 1. The van der Waals surface area contributed by atoms with Crippen LogP contribution in [0, 0.1) is 11.8 Å². The zero-order chi connectivity index (χ0) is 19.1. The number of likely N-dealkylation sites (tertiary alicyclic amines) is 1. The van der Waals surface area contributed by atoms with Crippen LogP contribution < -0.4 is 0 Å². The Labute approximate surface area is 162 Å². The molecule has 0 bridgehead atoms. The Morgan fingerprint density at radius 1 is 1.27 bits per heavy atom. The summed E-state index contributed by atoms with van der Waals surface area (Å²) in [5.41, 5.74) is 1.29. The molecule has 144 valence electrons. The highest BCUT2D eigenvalue weighted by Gasteiger charge is 2.25. The Morgan fingerprint density at radius 2 is 1.96 bits per heavy atom. The number of benzene rings is 1. The predicted molar refractivity (Wildman–Crippen MR) is 106 cm³/mol. The molecule has 2 rings (SSSR count). The molecule has 1 fully saturated rings. The lowest BCUT2D eigenvalue weighted by Crippen LogP contribution is -2.43. The number of ketones is 1. The highest BCUT2D eigenvalue weighted by atomic mass is 35.5. The molecule has 0 unspecified atom stereocenters. The first-order chi connectivity index (χ1) is 12.3. The number of carbonyl (C=O) groups excluding carboxylic acids is 2. The molecule has 0 spiro atoms. The summed E-state index contributed by atoms with van der Waals surface area (Å²) >= 11 is 5.94. The largest absolute Gasteiger partial charge is 0.339 e. The van der Waals surface area contributed by atoms with Crippen LogP contribution in [0.4, 0.5) is 0 Å². The summed E-state index contributed by atoms with van der Waals surface area (Å²) in [4.78, 5) is 28.3. The van der Waals surface area contributed by atoms with Crippen LogP contribution in [0.3, 0.4) is 0 Å².